The van der Waals surface area contributed by atoms with E-state index < -0.39 is 5.60 Å². The number of aromatic nitrogens is 4. The molecule has 0 radical (unpaired) electrons. The highest BCUT2D eigenvalue weighted by molar-refractivity contribution is 6.33. The van der Waals surface area contributed by atoms with Crippen molar-refractivity contribution < 1.29 is 9.74 Å². The second-order valence-electron chi connectivity index (χ2n) is 6.67. The zero-order chi connectivity index (χ0) is 19.9. The Morgan fingerprint density at radius 2 is 2.18 bits per heavy atom. The summed E-state index contributed by atoms with van der Waals surface area (Å²) in [5, 5.41) is 18.5. The molecule has 3 N–H and O–H groups in total. The van der Waals surface area contributed by atoms with Gasteiger partial charge in [0, 0.05) is 17.8 Å². The van der Waals surface area contributed by atoms with E-state index in [9.17, 15) is 5.11 Å². The fourth-order valence-electron chi connectivity index (χ4n) is 3.16. The highest BCUT2D eigenvalue weighted by Crippen LogP contribution is 2.37. The normalized spacial score (nSPS) is 14.9. The van der Waals surface area contributed by atoms with Gasteiger partial charge in [-0.15, -0.1) is 0 Å². The smallest absolute Gasteiger partial charge is 0.222 e. The lowest BCUT2D eigenvalue weighted by atomic mass is 10.0. The highest BCUT2D eigenvalue weighted by atomic mass is 35.5. The molecule has 3 aromatic rings. The molecule has 1 aliphatic rings. The van der Waals surface area contributed by atoms with Gasteiger partial charge in [0.05, 0.1) is 6.20 Å². The van der Waals surface area contributed by atoms with Gasteiger partial charge in [0.25, 0.3) is 0 Å². The van der Waals surface area contributed by atoms with Crippen molar-refractivity contribution >= 4 is 29.1 Å². The number of hydrogen-bond donors (Lipinski definition) is 2. The van der Waals surface area contributed by atoms with E-state index >= 15 is 0 Å². The number of rotatable bonds is 2. The third kappa shape index (κ3) is 3.26. The van der Waals surface area contributed by atoms with Crippen LogP contribution in [0.25, 0.3) is 0 Å². The first kappa shape index (κ1) is 18.2. The van der Waals surface area contributed by atoms with Crippen LogP contribution in [0, 0.1) is 18.8 Å². The fraction of sp³-hybridized carbons (Fsp3) is 0.263. The first-order valence-electron chi connectivity index (χ1n) is 8.59. The Morgan fingerprint density at radius 1 is 1.36 bits per heavy atom. The van der Waals surface area contributed by atoms with E-state index in [0.29, 0.717) is 22.2 Å². The van der Waals surface area contributed by atoms with Gasteiger partial charge < -0.3 is 15.7 Å². The maximum atomic E-state index is 10.6. The molecule has 0 amide bonds. The monoisotopic (exact) mass is 396 g/mol. The van der Waals surface area contributed by atoms with E-state index in [1.54, 1.807) is 13.8 Å². The van der Waals surface area contributed by atoms with Gasteiger partial charge in [-0.2, -0.15) is 4.98 Å². The molecule has 0 spiro atoms. The van der Waals surface area contributed by atoms with Crippen LogP contribution in [-0.2, 0) is 12.0 Å². The number of hydrogen-bond acceptors (Lipinski definition) is 8. The molecule has 8 nitrogen and oxygen atoms in total. The molecule has 9 heteroatoms. The number of nitrogens with zero attached hydrogens (tertiary/aromatic N) is 5. The van der Waals surface area contributed by atoms with Gasteiger partial charge >= 0.3 is 0 Å². The third-order valence-electron chi connectivity index (χ3n) is 4.54. The standard InChI is InChI=1S/C19H17ClN6O2/c1-11-16(25-28-24-11)19(2,27)7-5-12-3-4-13-6-8-26(15(13)9-12)17-14(20)10-22-18(21)23-17/h3-4,9-10,27H,6,8H2,1-2H3,(H2,21,22,23). The Bertz CT molecular complexity index is 1120. The van der Waals surface area contributed by atoms with Crippen molar-refractivity contribution in [2.45, 2.75) is 25.9 Å². The topological polar surface area (TPSA) is 114 Å². The summed E-state index contributed by atoms with van der Waals surface area (Å²) >= 11 is 6.27. The van der Waals surface area contributed by atoms with Gasteiger partial charge in [0.2, 0.25) is 5.95 Å². The molecule has 2 aromatic heterocycles. The van der Waals surface area contributed by atoms with E-state index in [4.69, 9.17) is 17.3 Å². The molecule has 1 unspecified atom stereocenters. The Labute approximate surface area is 166 Å². The third-order valence-corrected chi connectivity index (χ3v) is 4.81. The van der Waals surface area contributed by atoms with E-state index in [-0.39, 0.29) is 5.95 Å². The molecule has 28 heavy (non-hydrogen) atoms. The molecule has 1 atom stereocenters. The number of anilines is 3. The van der Waals surface area contributed by atoms with Crippen molar-refractivity contribution in [3.63, 3.8) is 0 Å². The maximum Gasteiger partial charge on any atom is 0.222 e. The van der Waals surface area contributed by atoms with E-state index in [2.05, 4.69) is 36.8 Å². The van der Waals surface area contributed by atoms with Crippen LogP contribution >= 0.6 is 11.6 Å². The highest BCUT2D eigenvalue weighted by Gasteiger charge is 2.28. The number of nitrogen functional groups attached to an aromatic ring is 1. The molecule has 1 aromatic carbocycles. The predicted molar refractivity (Wildman–Crippen MR) is 104 cm³/mol. The lowest BCUT2D eigenvalue weighted by molar-refractivity contribution is 0.111. The van der Waals surface area contributed by atoms with Gasteiger partial charge in [0.1, 0.15) is 10.7 Å². The van der Waals surface area contributed by atoms with Crippen molar-refractivity contribution in [3.05, 3.63) is 51.9 Å². The molecule has 0 aliphatic carbocycles. The SMILES string of the molecule is Cc1nonc1C(C)(O)C#Cc1ccc2c(c1)N(c1nc(N)ncc1Cl)CC2. The first-order valence-corrected chi connectivity index (χ1v) is 8.96. The van der Waals surface area contributed by atoms with Crippen LogP contribution in [0.5, 0.6) is 0 Å². The minimum Gasteiger partial charge on any atom is -0.372 e. The molecule has 0 bridgehead atoms. The summed E-state index contributed by atoms with van der Waals surface area (Å²) in [5.74, 6) is 6.57. The lowest BCUT2D eigenvalue weighted by Crippen LogP contribution is -2.20. The quantitative estimate of drug-likeness (QED) is 0.634. The van der Waals surface area contributed by atoms with Crippen LogP contribution < -0.4 is 10.6 Å². The Kier molecular flexibility index (Phi) is 4.41. The summed E-state index contributed by atoms with van der Waals surface area (Å²) in [6.07, 6.45) is 2.34. The molecule has 0 saturated carbocycles. The Morgan fingerprint density at radius 3 is 2.93 bits per heavy atom. The minimum absolute atomic E-state index is 0.163. The van der Waals surface area contributed by atoms with E-state index in [1.165, 1.54) is 6.20 Å². The summed E-state index contributed by atoms with van der Waals surface area (Å²) < 4.78 is 4.66. The van der Waals surface area contributed by atoms with Gasteiger partial charge in [-0.05, 0) is 38.0 Å². The van der Waals surface area contributed by atoms with Crippen molar-refractivity contribution in [2.24, 2.45) is 0 Å². The largest absolute Gasteiger partial charge is 0.372 e. The second-order valence-corrected chi connectivity index (χ2v) is 7.07. The zero-order valence-electron chi connectivity index (χ0n) is 15.3. The molecular formula is C19H17ClN6O2. The molecule has 0 saturated heterocycles. The summed E-state index contributed by atoms with van der Waals surface area (Å²) in [6.45, 7) is 3.98. The number of benzene rings is 1. The number of aliphatic hydroxyl groups is 1. The lowest BCUT2D eigenvalue weighted by Gasteiger charge is -2.19. The first-order chi connectivity index (χ1) is 13.3. The summed E-state index contributed by atoms with van der Waals surface area (Å²) in [4.78, 5) is 10.2. The molecule has 1 aliphatic heterocycles. The molecule has 0 fully saturated rings. The van der Waals surface area contributed by atoms with Crippen molar-refractivity contribution in [2.75, 3.05) is 17.2 Å². The minimum atomic E-state index is -1.48. The average Bonchev–Trinajstić information content (AvgIpc) is 3.28. The van der Waals surface area contributed by atoms with Crippen LogP contribution in [0.4, 0.5) is 17.5 Å². The second kappa shape index (κ2) is 6.78. The molecular weight excluding hydrogens is 380 g/mol. The van der Waals surface area contributed by atoms with Crippen molar-refractivity contribution in [1.82, 2.24) is 20.3 Å². The Hall–Kier alpha value is -3.15. The number of halogens is 1. The van der Waals surface area contributed by atoms with Crippen LogP contribution in [0.2, 0.25) is 5.02 Å². The van der Waals surface area contributed by atoms with Crippen molar-refractivity contribution in [3.8, 4) is 11.8 Å². The number of fused-ring (bicyclic) bond motifs is 1. The summed E-state index contributed by atoms with van der Waals surface area (Å²) in [5.41, 5.74) is 7.88. The van der Waals surface area contributed by atoms with Crippen molar-refractivity contribution in [1.29, 1.82) is 0 Å². The van der Waals surface area contributed by atoms with Gasteiger partial charge in [-0.1, -0.05) is 39.8 Å². The molecule has 142 valence electrons. The maximum absolute atomic E-state index is 10.6. The van der Waals surface area contributed by atoms with E-state index in [0.717, 1.165) is 29.8 Å². The Balaban J connectivity index is 1.69. The van der Waals surface area contributed by atoms with Crippen LogP contribution in [0.3, 0.4) is 0 Å². The van der Waals surface area contributed by atoms with Gasteiger partial charge in [0.15, 0.2) is 17.1 Å². The molecule has 3 heterocycles. The van der Waals surface area contributed by atoms with E-state index in [1.807, 2.05) is 23.1 Å². The predicted octanol–water partition coefficient (Wildman–Crippen LogP) is 2.36. The van der Waals surface area contributed by atoms with Gasteiger partial charge in [-0.25, -0.2) is 9.61 Å². The fourth-order valence-corrected chi connectivity index (χ4v) is 3.36. The zero-order valence-corrected chi connectivity index (χ0v) is 16.0. The number of nitrogens with two attached hydrogens (primary N) is 1. The van der Waals surface area contributed by atoms with Crippen LogP contribution in [0.15, 0.2) is 29.0 Å². The summed E-state index contributed by atoms with van der Waals surface area (Å²) in [7, 11) is 0. The number of aryl methyl sites for hydroxylation is 1. The van der Waals surface area contributed by atoms with Gasteiger partial charge in [-0.3, -0.25) is 0 Å². The molecule has 4 rings (SSSR count). The average molecular weight is 397 g/mol. The summed E-state index contributed by atoms with van der Waals surface area (Å²) in [6, 6.07) is 5.86. The van der Waals surface area contributed by atoms with Crippen LogP contribution in [-0.4, -0.2) is 31.9 Å². The van der Waals surface area contributed by atoms with Crippen LogP contribution in [0.1, 0.15) is 29.4 Å².